The fourth-order valence-corrected chi connectivity index (χ4v) is 1.00. The van der Waals surface area contributed by atoms with E-state index < -0.39 is 11.7 Å². The van der Waals surface area contributed by atoms with Gasteiger partial charge in [-0.25, -0.2) is 0 Å². The highest BCUT2D eigenvalue weighted by Crippen LogP contribution is 2.45. The van der Waals surface area contributed by atoms with Gasteiger partial charge in [-0.05, 0) is 23.3 Å². The van der Waals surface area contributed by atoms with Gasteiger partial charge in [-0.2, -0.15) is 13.2 Å². The molecule has 0 radical (unpaired) electrons. The zero-order valence-electron chi connectivity index (χ0n) is 6.02. The van der Waals surface area contributed by atoms with Crippen LogP contribution in [-0.2, 0) is 6.18 Å². The summed E-state index contributed by atoms with van der Waals surface area (Å²) in [5.41, 5.74) is 0.599. The molecule has 62 valence electrons. The zero-order chi connectivity index (χ0) is 9.35. The lowest BCUT2D eigenvalue weighted by molar-refractivity contribution is -0.136. The summed E-state index contributed by atoms with van der Waals surface area (Å²) >= 11 is 0. The Hall–Kier alpha value is -1.43. The van der Waals surface area contributed by atoms with Crippen LogP contribution in [0.15, 0.2) is 18.2 Å². The molecule has 0 heterocycles. The minimum Gasteiger partial charge on any atom is -0.166 e. The van der Waals surface area contributed by atoms with Gasteiger partial charge >= 0.3 is 6.18 Å². The van der Waals surface area contributed by atoms with Crippen molar-refractivity contribution >= 4 is 0 Å². The Morgan fingerprint density at radius 3 is 1.83 bits per heavy atom. The minimum atomic E-state index is -4.17. The maximum Gasteiger partial charge on any atom is 0.417 e. The molecule has 0 N–H and O–H groups in total. The third-order valence-corrected chi connectivity index (χ3v) is 1.55. The van der Waals surface area contributed by atoms with Crippen molar-refractivity contribution in [1.29, 1.82) is 0 Å². The summed E-state index contributed by atoms with van der Waals surface area (Å²) in [7, 11) is 0. The Bertz CT molecular complexity index is 320. The first-order chi connectivity index (χ1) is 5.59. The molecule has 0 nitrogen and oxygen atoms in total. The molecule has 12 heavy (non-hydrogen) atoms. The molecule has 0 aromatic carbocycles. The number of hydrogen-bond acceptors (Lipinski definition) is 0. The SMILES string of the molecule is C#C.FC(F)(F)c1ccc2cc1-2. The van der Waals surface area contributed by atoms with Crippen LogP contribution in [0, 0.1) is 12.8 Å². The van der Waals surface area contributed by atoms with Gasteiger partial charge in [0.15, 0.2) is 0 Å². The predicted octanol–water partition coefficient (Wildman–Crippen LogP) is 2.94. The van der Waals surface area contributed by atoms with Crippen LogP contribution in [0.25, 0.3) is 11.1 Å². The van der Waals surface area contributed by atoms with Crippen molar-refractivity contribution in [2.24, 2.45) is 0 Å². The fraction of sp³-hybridized carbons (Fsp3) is 0.111. The molecule has 0 amide bonds. The highest BCUT2D eigenvalue weighted by Gasteiger charge is 2.37. The van der Waals surface area contributed by atoms with Gasteiger partial charge in [0.25, 0.3) is 0 Å². The van der Waals surface area contributed by atoms with Crippen molar-refractivity contribution in [2.45, 2.75) is 6.18 Å². The van der Waals surface area contributed by atoms with Crippen LogP contribution in [-0.4, -0.2) is 0 Å². The second kappa shape index (κ2) is 2.56. The highest BCUT2D eigenvalue weighted by atomic mass is 19.4. The molecule has 3 heteroatoms. The van der Waals surface area contributed by atoms with Crippen molar-refractivity contribution in [2.75, 3.05) is 0 Å². The zero-order valence-corrected chi connectivity index (χ0v) is 6.02. The van der Waals surface area contributed by atoms with E-state index in [9.17, 15) is 13.2 Å². The van der Waals surface area contributed by atoms with E-state index in [2.05, 4.69) is 12.8 Å². The summed E-state index contributed by atoms with van der Waals surface area (Å²) in [5.74, 6) is 0. The van der Waals surface area contributed by atoms with Crippen LogP contribution in [0.5, 0.6) is 0 Å². The van der Waals surface area contributed by atoms with Crippen molar-refractivity contribution in [3.63, 3.8) is 0 Å². The normalized spacial score (nSPS) is 11.4. The van der Waals surface area contributed by atoms with E-state index in [0.29, 0.717) is 5.56 Å². The average molecular weight is 170 g/mol. The topological polar surface area (TPSA) is 0 Å². The number of terminal acetylenes is 1. The Labute approximate surface area is 68.0 Å². The van der Waals surface area contributed by atoms with Gasteiger partial charge in [-0.3, -0.25) is 0 Å². The first-order valence-electron chi connectivity index (χ1n) is 3.14. The molecular weight excluding hydrogens is 165 g/mol. The van der Waals surface area contributed by atoms with E-state index in [1.54, 1.807) is 0 Å². The van der Waals surface area contributed by atoms with E-state index in [4.69, 9.17) is 0 Å². The van der Waals surface area contributed by atoms with E-state index in [1.165, 1.54) is 12.1 Å². The van der Waals surface area contributed by atoms with E-state index in [-0.39, 0.29) is 0 Å². The molecule has 0 spiro atoms. The molecule has 0 saturated heterocycles. The van der Waals surface area contributed by atoms with Crippen molar-refractivity contribution < 1.29 is 13.2 Å². The largest absolute Gasteiger partial charge is 0.417 e. The summed E-state index contributed by atoms with van der Waals surface area (Å²) in [5, 5.41) is 0. The van der Waals surface area contributed by atoms with Gasteiger partial charge in [0, 0.05) is 0 Å². The molecule has 2 rings (SSSR count). The summed E-state index contributed by atoms with van der Waals surface area (Å²) < 4.78 is 35.7. The lowest BCUT2D eigenvalue weighted by Crippen LogP contribution is -2.02. The second-order valence-corrected chi connectivity index (χ2v) is 2.26. The number of fused-ring (bicyclic) bond motifs is 1. The summed E-state index contributed by atoms with van der Waals surface area (Å²) in [6.07, 6.45) is 3.83. The van der Waals surface area contributed by atoms with Gasteiger partial charge < -0.3 is 0 Å². The molecule has 0 aromatic rings. The van der Waals surface area contributed by atoms with Gasteiger partial charge in [0.05, 0.1) is 5.56 Å². The summed E-state index contributed by atoms with van der Waals surface area (Å²) in [4.78, 5) is 0. The maximum atomic E-state index is 11.9. The number of rotatable bonds is 0. The minimum absolute atomic E-state index is 0.368. The standard InChI is InChI=1S/C7H3F3.C2H2/c8-7(9,10)6-2-1-4-3-5(4)6;1-2/h1-3H;1-2H. The van der Waals surface area contributed by atoms with Crippen LogP contribution in [0.4, 0.5) is 13.2 Å². The molecule has 2 aliphatic rings. The lowest BCUT2D eigenvalue weighted by Gasteiger charge is -2.01. The third kappa shape index (κ3) is 1.28. The molecule has 2 aliphatic carbocycles. The van der Waals surface area contributed by atoms with E-state index in [0.717, 1.165) is 11.6 Å². The highest BCUT2D eigenvalue weighted by molar-refractivity contribution is 5.85. The average Bonchev–Trinajstić information content (AvgIpc) is 2.64. The molecule has 0 unspecified atom stereocenters. The number of alkyl halides is 3. The van der Waals surface area contributed by atoms with Crippen LogP contribution < -0.4 is 0 Å². The molecule has 0 atom stereocenters. The maximum absolute atomic E-state index is 11.9. The molecular formula is C9H5F3. The lowest BCUT2D eigenvalue weighted by atomic mass is 10.3. The van der Waals surface area contributed by atoms with Gasteiger partial charge in [-0.15, -0.1) is 12.8 Å². The van der Waals surface area contributed by atoms with Gasteiger partial charge in [0.1, 0.15) is 0 Å². The predicted molar refractivity (Wildman–Crippen MR) is 40.3 cm³/mol. The smallest absolute Gasteiger partial charge is 0.166 e. The van der Waals surface area contributed by atoms with Gasteiger partial charge in [-0.1, -0.05) is 6.07 Å². The van der Waals surface area contributed by atoms with Crippen LogP contribution in [0.2, 0.25) is 0 Å². The van der Waals surface area contributed by atoms with Crippen LogP contribution in [0.1, 0.15) is 5.56 Å². The quantitative estimate of drug-likeness (QED) is 0.533. The fourth-order valence-electron chi connectivity index (χ4n) is 1.00. The van der Waals surface area contributed by atoms with Crippen LogP contribution in [0.3, 0.4) is 0 Å². The first kappa shape index (κ1) is 8.66. The summed E-state index contributed by atoms with van der Waals surface area (Å²) in [6.45, 7) is 0. The molecule has 0 saturated carbocycles. The monoisotopic (exact) mass is 170 g/mol. The number of benzene rings is 1. The number of hydrogen-bond donors (Lipinski definition) is 0. The molecule has 0 aromatic heterocycles. The number of halogens is 3. The summed E-state index contributed by atoms with van der Waals surface area (Å²) in [6, 6.07) is 4.13. The van der Waals surface area contributed by atoms with Gasteiger partial charge in [0.2, 0.25) is 0 Å². The second-order valence-electron chi connectivity index (χ2n) is 2.26. The Kier molecular flexibility index (Phi) is 1.85. The third-order valence-electron chi connectivity index (χ3n) is 1.55. The van der Waals surface area contributed by atoms with Crippen molar-refractivity contribution in [1.82, 2.24) is 0 Å². The van der Waals surface area contributed by atoms with E-state index in [1.807, 2.05) is 0 Å². The molecule has 0 aliphatic heterocycles. The van der Waals surface area contributed by atoms with Crippen molar-refractivity contribution in [3.8, 4) is 24.0 Å². The Balaban J connectivity index is 0.000000336. The first-order valence-corrected chi connectivity index (χ1v) is 3.14. The molecule has 0 bridgehead atoms. The van der Waals surface area contributed by atoms with E-state index >= 15 is 0 Å². The Morgan fingerprint density at radius 1 is 1.08 bits per heavy atom. The Morgan fingerprint density at radius 2 is 1.67 bits per heavy atom. The molecule has 0 fully saturated rings. The van der Waals surface area contributed by atoms with Crippen LogP contribution >= 0.6 is 0 Å². The van der Waals surface area contributed by atoms with Crippen molar-refractivity contribution in [3.05, 3.63) is 23.8 Å².